The molecule has 6 heteroatoms. The van der Waals surface area contributed by atoms with E-state index in [1.807, 2.05) is 19.1 Å². The van der Waals surface area contributed by atoms with E-state index in [9.17, 15) is 9.90 Å². The molecule has 2 atom stereocenters. The Morgan fingerprint density at radius 2 is 1.89 bits per heavy atom. The van der Waals surface area contributed by atoms with Crippen LogP contribution in [0.15, 0.2) is 54.6 Å². The average molecular weight is 523 g/mol. The molecular weight excluding hydrogens is 486 g/mol. The number of hydrogen-bond acceptors (Lipinski definition) is 3. The van der Waals surface area contributed by atoms with Gasteiger partial charge in [-0.2, -0.15) is 0 Å². The highest BCUT2D eigenvalue weighted by Crippen LogP contribution is 2.51. The molecule has 0 spiro atoms. The topological polar surface area (TPSA) is 55.8 Å². The molecule has 3 aromatic rings. The first kappa shape index (κ1) is 27.6. The molecule has 1 aliphatic rings. The van der Waals surface area contributed by atoms with Crippen molar-refractivity contribution >= 4 is 5.97 Å². The van der Waals surface area contributed by atoms with E-state index in [-0.39, 0.29) is 35.9 Å². The predicted octanol–water partition coefficient (Wildman–Crippen LogP) is 8.48. The summed E-state index contributed by atoms with van der Waals surface area (Å²) in [6.45, 7) is 6.49. The largest absolute Gasteiger partial charge is 0.497 e. The molecule has 0 bridgehead atoms. The first-order valence-corrected chi connectivity index (χ1v) is 13.2. The van der Waals surface area contributed by atoms with Crippen LogP contribution in [0.4, 0.5) is 8.78 Å². The maximum Gasteiger partial charge on any atom is 0.303 e. The summed E-state index contributed by atoms with van der Waals surface area (Å²) in [5.74, 6) is -1.29. The highest BCUT2D eigenvalue weighted by atomic mass is 19.1. The van der Waals surface area contributed by atoms with Gasteiger partial charge in [0.05, 0.1) is 13.5 Å². The summed E-state index contributed by atoms with van der Waals surface area (Å²) in [6, 6.07) is 15.5. The fourth-order valence-corrected chi connectivity index (χ4v) is 5.78. The molecule has 38 heavy (non-hydrogen) atoms. The number of methoxy groups -OCH3 is 1. The van der Waals surface area contributed by atoms with Gasteiger partial charge in [-0.3, -0.25) is 4.79 Å². The van der Waals surface area contributed by atoms with Gasteiger partial charge in [-0.05, 0) is 83.0 Å². The number of carbonyl (C=O) groups is 1. The Kier molecular flexibility index (Phi) is 8.39. The number of aliphatic carboxylic acids is 1. The molecule has 1 unspecified atom stereocenters. The van der Waals surface area contributed by atoms with Gasteiger partial charge in [-0.1, -0.05) is 57.5 Å². The van der Waals surface area contributed by atoms with Crippen molar-refractivity contribution in [3.05, 3.63) is 82.9 Å². The predicted molar refractivity (Wildman–Crippen MR) is 145 cm³/mol. The van der Waals surface area contributed by atoms with Crippen LogP contribution in [0.2, 0.25) is 0 Å². The summed E-state index contributed by atoms with van der Waals surface area (Å²) in [5.41, 5.74) is 3.66. The monoisotopic (exact) mass is 522 g/mol. The molecule has 0 saturated heterocycles. The van der Waals surface area contributed by atoms with Crippen molar-refractivity contribution in [2.45, 2.75) is 71.3 Å². The third-order valence-corrected chi connectivity index (χ3v) is 7.95. The molecule has 0 radical (unpaired) electrons. The van der Waals surface area contributed by atoms with Gasteiger partial charge in [0.1, 0.15) is 18.2 Å². The molecule has 1 aliphatic carbocycles. The van der Waals surface area contributed by atoms with Gasteiger partial charge in [-0.25, -0.2) is 8.78 Å². The van der Waals surface area contributed by atoms with E-state index in [2.05, 4.69) is 19.9 Å². The van der Waals surface area contributed by atoms with E-state index in [0.29, 0.717) is 23.3 Å². The summed E-state index contributed by atoms with van der Waals surface area (Å²) < 4.78 is 41.6. The van der Waals surface area contributed by atoms with E-state index < -0.39 is 17.7 Å². The lowest BCUT2D eigenvalue weighted by atomic mass is 9.75. The Balaban J connectivity index is 1.67. The molecule has 4 rings (SSSR count). The lowest BCUT2D eigenvalue weighted by Gasteiger charge is -2.30. The highest BCUT2D eigenvalue weighted by molar-refractivity contribution is 5.71. The number of benzene rings is 3. The van der Waals surface area contributed by atoms with Crippen LogP contribution in [0.3, 0.4) is 0 Å². The van der Waals surface area contributed by atoms with Crippen molar-refractivity contribution in [2.24, 2.45) is 5.41 Å². The quantitative estimate of drug-likeness (QED) is 0.290. The molecule has 0 heterocycles. The van der Waals surface area contributed by atoms with E-state index in [4.69, 9.17) is 9.47 Å². The maximum absolute atomic E-state index is 15.3. The van der Waals surface area contributed by atoms with Gasteiger partial charge in [0.2, 0.25) is 0 Å². The standard InChI is InChI=1S/C32H36F2O4/c1-5-21(17-30(35)36)23-8-6-10-29(31(23)34)38-19-20-11-13-24(26-18-22(37-4)12-14-28(26)33)25(16-20)27-9-7-15-32(27,2)3/h6,8,10-14,16,18,21,27H,5,7,9,15,17,19H2,1-4H3,(H,35,36)/t21?,27-/m0/s1. The van der Waals surface area contributed by atoms with E-state index in [0.717, 1.165) is 36.0 Å². The first-order valence-electron chi connectivity index (χ1n) is 13.2. The molecule has 1 saturated carbocycles. The van der Waals surface area contributed by atoms with Crippen LogP contribution in [0.1, 0.15) is 81.4 Å². The van der Waals surface area contributed by atoms with Crippen molar-refractivity contribution in [1.82, 2.24) is 0 Å². The third kappa shape index (κ3) is 5.85. The van der Waals surface area contributed by atoms with Crippen molar-refractivity contribution in [3.63, 3.8) is 0 Å². The Hall–Kier alpha value is -3.41. The first-order chi connectivity index (χ1) is 18.1. The zero-order valence-electron chi connectivity index (χ0n) is 22.5. The van der Waals surface area contributed by atoms with Crippen LogP contribution in [-0.4, -0.2) is 18.2 Å². The van der Waals surface area contributed by atoms with E-state index in [1.54, 1.807) is 37.4 Å². The minimum absolute atomic E-state index is 0.0588. The molecule has 0 amide bonds. The van der Waals surface area contributed by atoms with Gasteiger partial charge in [-0.15, -0.1) is 0 Å². The van der Waals surface area contributed by atoms with Crippen LogP contribution in [0.25, 0.3) is 11.1 Å². The Morgan fingerprint density at radius 3 is 2.55 bits per heavy atom. The molecule has 0 aromatic heterocycles. The van der Waals surface area contributed by atoms with Gasteiger partial charge in [0.15, 0.2) is 11.6 Å². The van der Waals surface area contributed by atoms with Crippen LogP contribution in [0.5, 0.6) is 11.5 Å². The molecule has 1 N–H and O–H groups in total. The van der Waals surface area contributed by atoms with Crippen LogP contribution in [0, 0.1) is 17.0 Å². The third-order valence-electron chi connectivity index (χ3n) is 7.95. The molecule has 0 aliphatic heterocycles. The summed E-state index contributed by atoms with van der Waals surface area (Å²) in [4.78, 5) is 11.2. The number of carboxylic acids is 1. The zero-order valence-corrected chi connectivity index (χ0v) is 22.5. The fraction of sp³-hybridized carbons (Fsp3) is 0.406. The summed E-state index contributed by atoms with van der Waals surface area (Å²) >= 11 is 0. The average Bonchev–Trinajstić information content (AvgIpc) is 3.25. The van der Waals surface area contributed by atoms with Crippen molar-refractivity contribution in [3.8, 4) is 22.6 Å². The second kappa shape index (κ2) is 11.5. The van der Waals surface area contributed by atoms with Gasteiger partial charge >= 0.3 is 5.97 Å². The number of halogens is 2. The minimum atomic E-state index is -0.961. The Bertz CT molecular complexity index is 1300. The molecule has 202 valence electrons. The Labute approximate surface area is 223 Å². The van der Waals surface area contributed by atoms with Crippen LogP contribution in [-0.2, 0) is 11.4 Å². The minimum Gasteiger partial charge on any atom is -0.497 e. The molecular formula is C32H36F2O4. The Morgan fingerprint density at radius 1 is 1.11 bits per heavy atom. The lowest BCUT2D eigenvalue weighted by Crippen LogP contribution is -2.17. The maximum atomic E-state index is 15.3. The van der Waals surface area contributed by atoms with Gasteiger partial charge in [0.25, 0.3) is 0 Å². The number of ether oxygens (including phenoxy) is 2. The second-order valence-corrected chi connectivity index (χ2v) is 10.9. The van der Waals surface area contributed by atoms with Crippen molar-refractivity contribution < 1.29 is 28.2 Å². The van der Waals surface area contributed by atoms with Gasteiger partial charge < -0.3 is 14.6 Å². The smallest absolute Gasteiger partial charge is 0.303 e. The summed E-state index contributed by atoms with van der Waals surface area (Å²) in [5, 5.41) is 9.21. The van der Waals surface area contributed by atoms with Gasteiger partial charge in [0, 0.05) is 5.56 Å². The van der Waals surface area contributed by atoms with Crippen molar-refractivity contribution in [2.75, 3.05) is 7.11 Å². The van der Waals surface area contributed by atoms with E-state index >= 15 is 8.78 Å². The zero-order chi connectivity index (χ0) is 27.4. The highest BCUT2D eigenvalue weighted by Gasteiger charge is 2.37. The number of carboxylic acid groups (broad SMARTS) is 1. The van der Waals surface area contributed by atoms with Crippen LogP contribution >= 0.6 is 0 Å². The fourth-order valence-electron chi connectivity index (χ4n) is 5.78. The normalized spacial score (nSPS) is 17.3. The van der Waals surface area contributed by atoms with Crippen LogP contribution < -0.4 is 9.47 Å². The summed E-state index contributed by atoms with van der Waals surface area (Å²) in [7, 11) is 1.57. The second-order valence-electron chi connectivity index (χ2n) is 10.9. The van der Waals surface area contributed by atoms with Crippen molar-refractivity contribution in [1.29, 1.82) is 0 Å². The molecule has 1 fully saturated rings. The van der Waals surface area contributed by atoms with E-state index in [1.165, 1.54) is 6.07 Å². The summed E-state index contributed by atoms with van der Waals surface area (Å²) in [6.07, 6.45) is 3.57. The molecule has 4 nitrogen and oxygen atoms in total. The SMILES string of the molecule is CCC(CC(=O)O)c1cccc(OCc2ccc(-c3cc(OC)ccc3F)c([C@@H]3CCCC3(C)C)c2)c1F. The number of rotatable bonds is 10. The number of hydrogen-bond donors (Lipinski definition) is 1. The molecule has 3 aromatic carbocycles. The lowest BCUT2D eigenvalue weighted by molar-refractivity contribution is -0.137.